The summed E-state index contributed by atoms with van der Waals surface area (Å²) in [7, 11) is 3.10. The topological polar surface area (TPSA) is 83.4 Å². The van der Waals surface area contributed by atoms with Crippen molar-refractivity contribution >= 4 is 23.2 Å². The molecule has 1 amide bonds. The number of rotatable bonds is 8. The van der Waals surface area contributed by atoms with Crippen LogP contribution in [0.4, 0.5) is 5.69 Å². The number of hydrogen-bond donors (Lipinski definition) is 2. The minimum Gasteiger partial charge on any atom is -0.495 e. The Morgan fingerprint density at radius 1 is 1.45 bits per heavy atom. The van der Waals surface area contributed by atoms with E-state index in [1.165, 1.54) is 13.3 Å². The van der Waals surface area contributed by atoms with E-state index in [2.05, 4.69) is 10.6 Å². The Morgan fingerprint density at radius 3 is 2.86 bits per heavy atom. The highest BCUT2D eigenvalue weighted by molar-refractivity contribution is 6.31. The van der Waals surface area contributed by atoms with E-state index in [0.717, 1.165) is 6.42 Å². The monoisotopic (exact) mass is 323 g/mol. The maximum absolute atomic E-state index is 12.1. The lowest BCUT2D eigenvalue weighted by atomic mass is 10.2. The Hall–Kier alpha value is -2.23. The molecule has 0 aliphatic heterocycles. The third kappa shape index (κ3) is 5.64. The summed E-state index contributed by atoms with van der Waals surface area (Å²) in [6, 6.07) is 6.68. The fourth-order valence-electron chi connectivity index (χ4n) is 1.61. The van der Waals surface area contributed by atoms with Gasteiger partial charge in [-0.3, -0.25) is 4.79 Å². The van der Waals surface area contributed by atoms with Gasteiger partial charge in [-0.2, -0.15) is 5.26 Å². The van der Waals surface area contributed by atoms with Crippen molar-refractivity contribution in [3.05, 3.63) is 35.0 Å². The van der Waals surface area contributed by atoms with E-state index in [9.17, 15) is 4.79 Å². The van der Waals surface area contributed by atoms with Crippen molar-refractivity contribution in [3.63, 3.8) is 0 Å². The number of hydrogen-bond acceptors (Lipinski definition) is 5. The molecule has 1 rings (SSSR count). The number of benzene rings is 1. The van der Waals surface area contributed by atoms with Gasteiger partial charge in [-0.15, -0.1) is 0 Å². The number of methoxy groups -OCH3 is 2. The molecule has 0 spiro atoms. The van der Waals surface area contributed by atoms with Gasteiger partial charge in [0.1, 0.15) is 17.4 Å². The molecule has 0 heterocycles. The molecule has 1 aromatic rings. The van der Waals surface area contributed by atoms with Gasteiger partial charge in [-0.05, 0) is 24.6 Å². The van der Waals surface area contributed by atoms with Crippen LogP contribution in [0, 0.1) is 11.3 Å². The van der Waals surface area contributed by atoms with Crippen molar-refractivity contribution in [2.45, 2.75) is 6.42 Å². The molecule has 0 fully saturated rings. The van der Waals surface area contributed by atoms with Gasteiger partial charge in [-0.25, -0.2) is 0 Å². The molecule has 0 saturated heterocycles. The van der Waals surface area contributed by atoms with Crippen LogP contribution >= 0.6 is 11.6 Å². The molecule has 0 aromatic heterocycles. The Balaban J connectivity index is 2.71. The predicted octanol–water partition coefficient (Wildman–Crippen LogP) is 2.32. The summed E-state index contributed by atoms with van der Waals surface area (Å²) in [5.74, 6) is -0.0783. The molecule has 1 aromatic carbocycles. The second-order valence-corrected chi connectivity index (χ2v) is 4.71. The fraction of sp³-hybridized carbons (Fsp3) is 0.333. The normalized spacial score (nSPS) is 10.7. The first kappa shape index (κ1) is 17.8. The van der Waals surface area contributed by atoms with Gasteiger partial charge in [-0.1, -0.05) is 11.6 Å². The number of nitriles is 1. The second-order valence-electron chi connectivity index (χ2n) is 4.27. The molecule has 0 saturated carbocycles. The average molecular weight is 324 g/mol. The standard InChI is InChI=1S/C15H18ClN3O3/c1-21-7-3-6-18-10-11(9-17)15(20)19-13-8-12(16)4-5-14(13)22-2/h4-5,8,10,18H,3,6-7H2,1-2H3,(H,19,20)/b11-10-. The zero-order chi connectivity index (χ0) is 16.4. The number of carbonyl (C=O) groups excluding carboxylic acids is 1. The van der Waals surface area contributed by atoms with E-state index in [1.807, 2.05) is 6.07 Å². The average Bonchev–Trinajstić information content (AvgIpc) is 2.51. The van der Waals surface area contributed by atoms with Crippen molar-refractivity contribution in [2.75, 3.05) is 32.7 Å². The highest BCUT2D eigenvalue weighted by atomic mass is 35.5. The van der Waals surface area contributed by atoms with Crippen molar-refractivity contribution in [1.82, 2.24) is 5.32 Å². The van der Waals surface area contributed by atoms with Crippen LogP contribution in [0.2, 0.25) is 5.02 Å². The van der Waals surface area contributed by atoms with Crippen LogP contribution in [0.15, 0.2) is 30.0 Å². The zero-order valence-electron chi connectivity index (χ0n) is 12.5. The number of nitrogens with one attached hydrogen (secondary N) is 2. The predicted molar refractivity (Wildman–Crippen MR) is 84.8 cm³/mol. The first-order valence-electron chi connectivity index (χ1n) is 6.59. The Bertz CT molecular complexity index is 582. The minimum absolute atomic E-state index is 0.0422. The molecular formula is C15H18ClN3O3. The van der Waals surface area contributed by atoms with E-state index < -0.39 is 5.91 Å². The molecule has 0 aliphatic carbocycles. The van der Waals surface area contributed by atoms with Crippen LogP contribution in [0.3, 0.4) is 0 Å². The number of anilines is 1. The van der Waals surface area contributed by atoms with Gasteiger partial charge in [0.2, 0.25) is 0 Å². The molecule has 0 radical (unpaired) electrons. The third-order valence-corrected chi connectivity index (χ3v) is 2.93. The fourth-order valence-corrected chi connectivity index (χ4v) is 1.78. The number of amides is 1. The van der Waals surface area contributed by atoms with Crippen LogP contribution in [-0.2, 0) is 9.53 Å². The molecule has 6 nitrogen and oxygen atoms in total. The summed E-state index contributed by atoms with van der Waals surface area (Å²) in [6.07, 6.45) is 2.15. The lowest BCUT2D eigenvalue weighted by Gasteiger charge is -2.10. The minimum atomic E-state index is -0.540. The summed E-state index contributed by atoms with van der Waals surface area (Å²) in [4.78, 5) is 12.1. The summed E-state index contributed by atoms with van der Waals surface area (Å²) in [5, 5.41) is 15.0. The molecule has 0 unspecified atom stereocenters. The van der Waals surface area contributed by atoms with Gasteiger partial charge in [0.05, 0.1) is 12.8 Å². The van der Waals surface area contributed by atoms with Crippen LogP contribution in [0.5, 0.6) is 5.75 Å². The molecular weight excluding hydrogens is 306 g/mol. The maximum Gasteiger partial charge on any atom is 0.267 e. The highest BCUT2D eigenvalue weighted by Crippen LogP contribution is 2.27. The van der Waals surface area contributed by atoms with Crippen LogP contribution < -0.4 is 15.4 Å². The SMILES string of the molecule is COCCCN/C=C(/C#N)C(=O)Nc1cc(Cl)ccc1OC. The molecule has 118 valence electrons. The summed E-state index contributed by atoms with van der Waals surface area (Å²) in [6.45, 7) is 1.21. The molecule has 22 heavy (non-hydrogen) atoms. The molecule has 2 N–H and O–H groups in total. The van der Waals surface area contributed by atoms with E-state index in [4.69, 9.17) is 26.3 Å². The number of nitrogens with zero attached hydrogens (tertiary/aromatic N) is 1. The van der Waals surface area contributed by atoms with Crippen LogP contribution in [-0.4, -0.2) is 33.3 Å². The van der Waals surface area contributed by atoms with Crippen LogP contribution in [0.25, 0.3) is 0 Å². The van der Waals surface area contributed by atoms with Gasteiger partial charge < -0.3 is 20.1 Å². The molecule has 7 heteroatoms. The Kier molecular flexibility index (Phi) is 7.83. The maximum atomic E-state index is 12.1. The van der Waals surface area contributed by atoms with Crippen molar-refractivity contribution < 1.29 is 14.3 Å². The molecule has 0 aliphatic rings. The number of ether oxygens (including phenoxy) is 2. The van der Waals surface area contributed by atoms with E-state index in [0.29, 0.717) is 29.6 Å². The first-order valence-corrected chi connectivity index (χ1v) is 6.97. The van der Waals surface area contributed by atoms with Gasteiger partial charge in [0, 0.05) is 31.5 Å². The highest BCUT2D eigenvalue weighted by Gasteiger charge is 2.12. The van der Waals surface area contributed by atoms with Crippen molar-refractivity contribution in [2.24, 2.45) is 0 Å². The number of carbonyl (C=O) groups is 1. The second kappa shape index (κ2) is 9.66. The lowest BCUT2D eigenvalue weighted by molar-refractivity contribution is -0.112. The van der Waals surface area contributed by atoms with Gasteiger partial charge >= 0.3 is 0 Å². The summed E-state index contributed by atoms with van der Waals surface area (Å²) >= 11 is 5.89. The van der Waals surface area contributed by atoms with E-state index >= 15 is 0 Å². The Labute approximate surface area is 134 Å². The van der Waals surface area contributed by atoms with Crippen molar-refractivity contribution in [1.29, 1.82) is 5.26 Å². The smallest absolute Gasteiger partial charge is 0.267 e. The van der Waals surface area contributed by atoms with Crippen molar-refractivity contribution in [3.8, 4) is 11.8 Å². The lowest BCUT2D eigenvalue weighted by Crippen LogP contribution is -2.18. The molecule has 0 bridgehead atoms. The quantitative estimate of drug-likeness (QED) is 0.436. The third-order valence-electron chi connectivity index (χ3n) is 2.69. The van der Waals surface area contributed by atoms with Crippen LogP contribution in [0.1, 0.15) is 6.42 Å². The Morgan fingerprint density at radius 2 is 2.23 bits per heavy atom. The summed E-state index contributed by atoms with van der Waals surface area (Å²) < 4.78 is 10.0. The van der Waals surface area contributed by atoms with E-state index in [1.54, 1.807) is 25.3 Å². The summed E-state index contributed by atoms with van der Waals surface area (Å²) in [5.41, 5.74) is 0.361. The first-order chi connectivity index (χ1) is 10.6. The zero-order valence-corrected chi connectivity index (χ0v) is 13.2. The van der Waals surface area contributed by atoms with Gasteiger partial charge in [0.15, 0.2) is 0 Å². The van der Waals surface area contributed by atoms with E-state index in [-0.39, 0.29) is 5.57 Å². The largest absolute Gasteiger partial charge is 0.495 e. The van der Waals surface area contributed by atoms with Gasteiger partial charge in [0.25, 0.3) is 5.91 Å². The molecule has 0 atom stereocenters. The number of halogens is 1.